The van der Waals surface area contributed by atoms with Gasteiger partial charge in [0.15, 0.2) is 11.5 Å². The maximum atomic E-state index is 12.1. The summed E-state index contributed by atoms with van der Waals surface area (Å²) in [4.78, 5) is 14.1. The number of carbonyl (C=O) groups excluding carboxylic acids is 1. The van der Waals surface area contributed by atoms with Gasteiger partial charge in [0.05, 0.1) is 20.8 Å². The fourth-order valence-corrected chi connectivity index (χ4v) is 2.18. The number of hydrogen-bond acceptors (Lipinski definition) is 5. The van der Waals surface area contributed by atoms with E-state index in [0.29, 0.717) is 17.2 Å². The highest BCUT2D eigenvalue weighted by atomic mass is 16.5. The molecule has 2 rings (SSSR count). The molecule has 0 spiro atoms. The Morgan fingerprint density at radius 1 is 0.958 bits per heavy atom. The standard InChI is InChI=1S/C18H23N3O3/c1-21(2)15-8-5-13(6-9-15)19-12-18(22)20-14-7-10-16(23-3)17(11-14)24-4/h5-11,19H,12H2,1-4H3,(H,20,22). The molecule has 0 unspecified atom stereocenters. The molecule has 0 fully saturated rings. The van der Waals surface area contributed by atoms with Crippen molar-refractivity contribution in [1.29, 1.82) is 0 Å². The third-order valence-corrected chi connectivity index (χ3v) is 3.50. The highest BCUT2D eigenvalue weighted by molar-refractivity contribution is 5.94. The summed E-state index contributed by atoms with van der Waals surface area (Å²) in [6.45, 7) is 0.176. The average Bonchev–Trinajstić information content (AvgIpc) is 2.60. The van der Waals surface area contributed by atoms with Gasteiger partial charge in [-0.25, -0.2) is 0 Å². The number of anilines is 3. The van der Waals surface area contributed by atoms with Crippen LogP contribution in [0.2, 0.25) is 0 Å². The van der Waals surface area contributed by atoms with E-state index in [4.69, 9.17) is 9.47 Å². The quantitative estimate of drug-likeness (QED) is 0.818. The first-order valence-electron chi connectivity index (χ1n) is 7.56. The van der Waals surface area contributed by atoms with E-state index in [1.807, 2.05) is 43.3 Å². The molecule has 2 aromatic rings. The Labute approximate surface area is 142 Å². The molecule has 0 heterocycles. The fraction of sp³-hybridized carbons (Fsp3) is 0.278. The van der Waals surface area contributed by atoms with Crippen LogP contribution in [0.5, 0.6) is 11.5 Å². The van der Waals surface area contributed by atoms with Crippen LogP contribution >= 0.6 is 0 Å². The number of benzene rings is 2. The molecule has 0 saturated heterocycles. The molecule has 0 aromatic heterocycles. The number of rotatable bonds is 7. The lowest BCUT2D eigenvalue weighted by molar-refractivity contribution is -0.114. The fourth-order valence-electron chi connectivity index (χ4n) is 2.18. The van der Waals surface area contributed by atoms with Gasteiger partial charge in [0.1, 0.15) is 0 Å². The van der Waals surface area contributed by atoms with Crippen molar-refractivity contribution in [2.24, 2.45) is 0 Å². The topological polar surface area (TPSA) is 62.8 Å². The predicted molar refractivity (Wildman–Crippen MR) is 97.4 cm³/mol. The first-order valence-corrected chi connectivity index (χ1v) is 7.56. The highest BCUT2D eigenvalue weighted by Crippen LogP contribution is 2.29. The molecule has 1 amide bonds. The Hall–Kier alpha value is -2.89. The molecule has 0 aliphatic heterocycles. The van der Waals surface area contributed by atoms with Crippen LogP contribution in [0.4, 0.5) is 17.1 Å². The summed E-state index contributed by atoms with van der Waals surface area (Å²) < 4.78 is 10.4. The molecule has 0 bridgehead atoms. The Balaban J connectivity index is 1.91. The average molecular weight is 329 g/mol. The van der Waals surface area contributed by atoms with Crippen LogP contribution in [0.25, 0.3) is 0 Å². The lowest BCUT2D eigenvalue weighted by atomic mass is 10.2. The summed E-state index contributed by atoms with van der Waals surface area (Å²) in [5.74, 6) is 1.05. The molecule has 0 aliphatic carbocycles. The second-order valence-electron chi connectivity index (χ2n) is 5.41. The van der Waals surface area contributed by atoms with E-state index in [2.05, 4.69) is 10.6 Å². The van der Waals surface area contributed by atoms with Crippen molar-refractivity contribution >= 4 is 23.0 Å². The highest BCUT2D eigenvalue weighted by Gasteiger charge is 2.07. The van der Waals surface area contributed by atoms with E-state index >= 15 is 0 Å². The number of nitrogens with zero attached hydrogens (tertiary/aromatic N) is 1. The van der Waals surface area contributed by atoms with Gasteiger partial charge in [0, 0.05) is 37.2 Å². The van der Waals surface area contributed by atoms with Gasteiger partial charge in [-0.2, -0.15) is 0 Å². The molecule has 0 radical (unpaired) electrons. The van der Waals surface area contributed by atoms with E-state index in [1.165, 1.54) is 0 Å². The van der Waals surface area contributed by atoms with Crippen LogP contribution in [0.3, 0.4) is 0 Å². The SMILES string of the molecule is COc1ccc(NC(=O)CNc2ccc(N(C)C)cc2)cc1OC. The molecule has 6 nitrogen and oxygen atoms in total. The second kappa shape index (κ2) is 8.10. The molecule has 0 aliphatic rings. The van der Waals surface area contributed by atoms with Crippen molar-refractivity contribution in [2.75, 3.05) is 50.4 Å². The lowest BCUT2D eigenvalue weighted by Gasteiger charge is -2.13. The normalized spacial score (nSPS) is 10.0. The van der Waals surface area contributed by atoms with Gasteiger partial charge in [-0.3, -0.25) is 4.79 Å². The number of carbonyl (C=O) groups is 1. The molecule has 0 saturated carbocycles. The van der Waals surface area contributed by atoms with Gasteiger partial charge in [0.25, 0.3) is 0 Å². The first-order chi connectivity index (χ1) is 11.5. The Bertz CT molecular complexity index is 684. The first kappa shape index (κ1) is 17.5. The summed E-state index contributed by atoms with van der Waals surface area (Å²) >= 11 is 0. The molecule has 6 heteroatoms. The zero-order chi connectivity index (χ0) is 17.5. The number of hydrogen-bond donors (Lipinski definition) is 2. The van der Waals surface area contributed by atoms with E-state index in [1.54, 1.807) is 32.4 Å². The Morgan fingerprint density at radius 3 is 2.17 bits per heavy atom. The van der Waals surface area contributed by atoms with Gasteiger partial charge in [-0.15, -0.1) is 0 Å². The maximum absolute atomic E-state index is 12.1. The molecule has 2 N–H and O–H groups in total. The van der Waals surface area contributed by atoms with E-state index in [0.717, 1.165) is 11.4 Å². The van der Waals surface area contributed by atoms with Crippen LogP contribution in [-0.2, 0) is 4.79 Å². The van der Waals surface area contributed by atoms with Crippen molar-refractivity contribution in [2.45, 2.75) is 0 Å². The van der Waals surface area contributed by atoms with Gasteiger partial charge < -0.3 is 25.0 Å². The molecule has 2 aromatic carbocycles. The number of amides is 1. The number of methoxy groups -OCH3 is 2. The summed E-state index contributed by atoms with van der Waals surface area (Å²) in [6.07, 6.45) is 0. The zero-order valence-corrected chi connectivity index (χ0v) is 14.4. The zero-order valence-electron chi connectivity index (χ0n) is 14.4. The summed E-state index contributed by atoms with van der Waals surface area (Å²) in [6, 6.07) is 13.1. The van der Waals surface area contributed by atoms with Gasteiger partial charge in [0.2, 0.25) is 5.91 Å². The monoisotopic (exact) mass is 329 g/mol. The number of nitrogens with one attached hydrogen (secondary N) is 2. The molecule has 24 heavy (non-hydrogen) atoms. The van der Waals surface area contributed by atoms with Crippen molar-refractivity contribution in [3.05, 3.63) is 42.5 Å². The molecule has 0 atom stereocenters. The smallest absolute Gasteiger partial charge is 0.243 e. The number of ether oxygens (including phenoxy) is 2. The van der Waals surface area contributed by atoms with Gasteiger partial charge in [-0.1, -0.05) is 0 Å². The van der Waals surface area contributed by atoms with Crippen molar-refractivity contribution in [3.8, 4) is 11.5 Å². The third-order valence-electron chi connectivity index (χ3n) is 3.50. The van der Waals surface area contributed by atoms with Crippen LogP contribution < -0.4 is 25.0 Å². The van der Waals surface area contributed by atoms with Crippen molar-refractivity contribution in [1.82, 2.24) is 0 Å². The van der Waals surface area contributed by atoms with E-state index in [9.17, 15) is 4.79 Å². The van der Waals surface area contributed by atoms with Gasteiger partial charge >= 0.3 is 0 Å². The minimum Gasteiger partial charge on any atom is -0.493 e. The summed E-state index contributed by atoms with van der Waals surface area (Å²) in [5, 5.41) is 5.92. The maximum Gasteiger partial charge on any atom is 0.243 e. The third kappa shape index (κ3) is 4.55. The lowest BCUT2D eigenvalue weighted by Crippen LogP contribution is -2.21. The van der Waals surface area contributed by atoms with Crippen LogP contribution in [-0.4, -0.2) is 40.8 Å². The largest absolute Gasteiger partial charge is 0.493 e. The summed E-state index contributed by atoms with van der Waals surface area (Å²) in [7, 11) is 7.10. The van der Waals surface area contributed by atoms with Crippen LogP contribution in [0.15, 0.2) is 42.5 Å². The van der Waals surface area contributed by atoms with Crippen LogP contribution in [0.1, 0.15) is 0 Å². The molecule has 128 valence electrons. The van der Waals surface area contributed by atoms with E-state index < -0.39 is 0 Å². The van der Waals surface area contributed by atoms with Gasteiger partial charge in [-0.05, 0) is 36.4 Å². The predicted octanol–water partition coefficient (Wildman–Crippen LogP) is 2.82. The van der Waals surface area contributed by atoms with E-state index in [-0.39, 0.29) is 12.5 Å². The Morgan fingerprint density at radius 2 is 1.58 bits per heavy atom. The minimum atomic E-state index is -0.140. The second-order valence-corrected chi connectivity index (χ2v) is 5.41. The van der Waals surface area contributed by atoms with Crippen molar-refractivity contribution in [3.63, 3.8) is 0 Å². The van der Waals surface area contributed by atoms with Crippen LogP contribution in [0, 0.1) is 0 Å². The summed E-state index contributed by atoms with van der Waals surface area (Å²) in [5.41, 5.74) is 2.65. The molecular weight excluding hydrogens is 306 g/mol. The Kier molecular flexibility index (Phi) is 5.89. The minimum absolute atomic E-state index is 0.140. The van der Waals surface area contributed by atoms with Crippen molar-refractivity contribution < 1.29 is 14.3 Å². The molecular formula is C18H23N3O3.